The highest BCUT2D eigenvalue weighted by Gasteiger charge is 2.34. The number of benzene rings is 3. The number of hydrogen-bond acceptors (Lipinski definition) is 4. The van der Waals surface area contributed by atoms with Crippen molar-refractivity contribution in [1.82, 2.24) is 19.9 Å². The number of methoxy groups -OCH3 is 1. The Bertz CT molecular complexity index is 1710. The Kier molecular flexibility index (Phi) is 5.56. The Balaban J connectivity index is 1.38. The molecule has 186 valence electrons. The molecule has 1 aliphatic rings. The molecule has 7 nitrogen and oxygen atoms in total. The summed E-state index contributed by atoms with van der Waals surface area (Å²) in [6.45, 7) is 3.69. The van der Waals surface area contributed by atoms with Gasteiger partial charge in [-0.1, -0.05) is 48.5 Å². The summed E-state index contributed by atoms with van der Waals surface area (Å²) in [7, 11) is 1.64. The van der Waals surface area contributed by atoms with E-state index in [1.54, 1.807) is 18.5 Å². The lowest BCUT2D eigenvalue weighted by molar-refractivity contribution is 0.0925. The molecule has 1 amide bonds. The van der Waals surface area contributed by atoms with E-state index in [4.69, 9.17) is 4.74 Å². The van der Waals surface area contributed by atoms with Crippen LogP contribution in [0.3, 0.4) is 0 Å². The quantitative estimate of drug-likeness (QED) is 0.335. The van der Waals surface area contributed by atoms with E-state index in [2.05, 4.69) is 27.5 Å². The zero-order valence-electron chi connectivity index (χ0n) is 21.0. The van der Waals surface area contributed by atoms with Gasteiger partial charge in [0.15, 0.2) is 5.69 Å². The van der Waals surface area contributed by atoms with Crippen molar-refractivity contribution in [3.63, 3.8) is 0 Å². The van der Waals surface area contributed by atoms with Gasteiger partial charge in [0.2, 0.25) is 0 Å². The van der Waals surface area contributed by atoms with E-state index < -0.39 is 0 Å². The second-order valence-electron chi connectivity index (χ2n) is 9.77. The number of aromatic nitrogens is 3. The molecule has 7 heteroatoms. The normalized spacial score (nSPS) is 14.1. The average Bonchev–Trinajstić information content (AvgIpc) is 3.70. The number of aryl methyl sites for hydroxylation is 2. The van der Waals surface area contributed by atoms with Crippen LogP contribution in [0.1, 0.15) is 46.2 Å². The summed E-state index contributed by atoms with van der Waals surface area (Å²) in [5.74, 6) is 0.886. The lowest BCUT2D eigenvalue weighted by Crippen LogP contribution is -2.30. The molecule has 5 aromatic rings. The number of H-pyrrole nitrogens is 1. The van der Waals surface area contributed by atoms with E-state index in [9.17, 15) is 9.59 Å². The van der Waals surface area contributed by atoms with Crippen molar-refractivity contribution in [3.05, 3.63) is 99.6 Å². The highest BCUT2D eigenvalue weighted by Crippen LogP contribution is 2.41. The number of nitrogens with zero attached hydrogens (tertiary/aromatic N) is 2. The van der Waals surface area contributed by atoms with Crippen molar-refractivity contribution in [3.8, 4) is 17.0 Å². The smallest absolute Gasteiger partial charge is 0.274 e. The first-order valence-corrected chi connectivity index (χ1v) is 12.5. The number of carbonyl (C=O) groups excluding carboxylic acids is 1. The zero-order chi connectivity index (χ0) is 25.7. The van der Waals surface area contributed by atoms with Crippen LogP contribution >= 0.6 is 0 Å². The molecule has 6 rings (SSSR count). The van der Waals surface area contributed by atoms with Gasteiger partial charge in [-0.2, -0.15) is 5.10 Å². The summed E-state index contributed by atoms with van der Waals surface area (Å²) in [5.41, 5.74) is 4.33. The molecule has 1 fully saturated rings. The molecule has 1 saturated carbocycles. The number of nitrogens with one attached hydrogen (secondary N) is 2. The molecule has 0 bridgehead atoms. The van der Waals surface area contributed by atoms with E-state index in [0.29, 0.717) is 22.7 Å². The number of rotatable bonds is 6. The summed E-state index contributed by atoms with van der Waals surface area (Å²) in [6, 6.07) is 21.9. The van der Waals surface area contributed by atoms with E-state index in [1.165, 1.54) is 0 Å². The van der Waals surface area contributed by atoms with Gasteiger partial charge < -0.3 is 15.0 Å². The summed E-state index contributed by atoms with van der Waals surface area (Å²) in [5, 5.41) is 10.0. The van der Waals surface area contributed by atoms with E-state index in [1.807, 2.05) is 61.5 Å². The Hall–Kier alpha value is -4.39. The topological polar surface area (TPSA) is 88.5 Å². The SMILES string of the molecule is COc1ccc(C(NC(=O)c2nn3c(C)c(-c4ccc5ccccc5c4)[nH]c(=O)c3c2C)C2CC2)cc1. The summed E-state index contributed by atoms with van der Waals surface area (Å²) in [4.78, 5) is 29.7. The molecule has 3 aromatic carbocycles. The Morgan fingerprint density at radius 2 is 1.78 bits per heavy atom. The number of amides is 1. The molecule has 0 radical (unpaired) electrons. The van der Waals surface area contributed by atoms with Crippen LogP contribution in [-0.2, 0) is 0 Å². The zero-order valence-corrected chi connectivity index (χ0v) is 21.0. The van der Waals surface area contributed by atoms with Gasteiger partial charge in [-0.05, 0) is 67.1 Å². The van der Waals surface area contributed by atoms with Crippen LogP contribution in [0, 0.1) is 19.8 Å². The number of carbonyl (C=O) groups is 1. The van der Waals surface area contributed by atoms with Gasteiger partial charge in [-0.25, -0.2) is 4.52 Å². The third-order valence-electron chi connectivity index (χ3n) is 7.36. The van der Waals surface area contributed by atoms with Crippen LogP contribution in [-0.4, -0.2) is 27.6 Å². The first-order chi connectivity index (χ1) is 17.9. The van der Waals surface area contributed by atoms with Crippen molar-refractivity contribution in [2.75, 3.05) is 7.11 Å². The molecule has 1 aliphatic carbocycles. The van der Waals surface area contributed by atoms with Crippen LogP contribution in [0.4, 0.5) is 0 Å². The van der Waals surface area contributed by atoms with E-state index in [0.717, 1.165) is 46.2 Å². The lowest BCUT2D eigenvalue weighted by Gasteiger charge is -2.18. The fourth-order valence-electron chi connectivity index (χ4n) is 5.14. The fraction of sp³-hybridized carbons (Fsp3) is 0.233. The minimum absolute atomic E-state index is 0.116. The lowest BCUT2D eigenvalue weighted by atomic mass is 10.0. The molecule has 2 aromatic heterocycles. The van der Waals surface area contributed by atoms with Gasteiger partial charge in [0.1, 0.15) is 11.3 Å². The summed E-state index contributed by atoms with van der Waals surface area (Å²) < 4.78 is 6.88. The Labute approximate surface area is 214 Å². The van der Waals surface area contributed by atoms with Crippen molar-refractivity contribution in [2.24, 2.45) is 5.92 Å². The molecule has 1 unspecified atom stereocenters. The van der Waals surface area contributed by atoms with Crippen LogP contribution < -0.4 is 15.6 Å². The maximum atomic E-state index is 13.5. The molecule has 1 atom stereocenters. The summed E-state index contributed by atoms with van der Waals surface area (Å²) in [6.07, 6.45) is 2.13. The van der Waals surface area contributed by atoms with E-state index in [-0.39, 0.29) is 23.2 Å². The molecule has 0 aliphatic heterocycles. The first kappa shape index (κ1) is 23.0. The highest BCUT2D eigenvalue weighted by atomic mass is 16.5. The predicted molar refractivity (Wildman–Crippen MR) is 144 cm³/mol. The Morgan fingerprint density at radius 1 is 1.05 bits per heavy atom. The van der Waals surface area contributed by atoms with Gasteiger partial charge in [-0.3, -0.25) is 9.59 Å². The number of fused-ring (bicyclic) bond motifs is 2. The molecular formula is C30H28N4O3. The maximum Gasteiger partial charge on any atom is 0.274 e. The van der Waals surface area contributed by atoms with Crippen molar-refractivity contribution >= 4 is 22.2 Å². The minimum atomic E-state index is -0.278. The summed E-state index contributed by atoms with van der Waals surface area (Å²) >= 11 is 0. The second kappa shape index (κ2) is 8.92. The standard InChI is InChI=1S/C30H28N4O3/c1-17-25(29(35)32-27(20-9-10-20)21-12-14-24(37-3)15-13-21)33-34-18(2)26(31-30(36)28(17)34)23-11-8-19-6-4-5-7-22(19)16-23/h4-8,11-16,20,27H,9-10H2,1-3H3,(H,31,36)(H,32,35). The number of ether oxygens (including phenoxy) is 1. The third kappa shape index (κ3) is 4.06. The van der Waals surface area contributed by atoms with E-state index >= 15 is 0 Å². The third-order valence-corrected chi connectivity index (χ3v) is 7.36. The van der Waals surface area contributed by atoms with Gasteiger partial charge in [0.25, 0.3) is 11.5 Å². The molecule has 2 N–H and O–H groups in total. The first-order valence-electron chi connectivity index (χ1n) is 12.5. The van der Waals surface area contributed by atoms with Gasteiger partial charge in [0.05, 0.1) is 24.5 Å². The van der Waals surface area contributed by atoms with Gasteiger partial charge in [0, 0.05) is 11.1 Å². The van der Waals surface area contributed by atoms with Crippen molar-refractivity contribution < 1.29 is 9.53 Å². The maximum absolute atomic E-state index is 13.5. The number of aromatic amines is 1. The molecule has 37 heavy (non-hydrogen) atoms. The van der Waals surface area contributed by atoms with Crippen LogP contribution in [0.5, 0.6) is 5.75 Å². The largest absolute Gasteiger partial charge is 0.497 e. The van der Waals surface area contributed by atoms with Crippen molar-refractivity contribution in [2.45, 2.75) is 32.7 Å². The Morgan fingerprint density at radius 3 is 2.49 bits per heavy atom. The van der Waals surface area contributed by atoms with Gasteiger partial charge >= 0.3 is 0 Å². The van der Waals surface area contributed by atoms with Crippen LogP contribution in [0.15, 0.2) is 71.5 Å². The number of hydrogen-bond donors (Lipinski definition) is 2. The predicted octanol–water partition coefficient (Wildman–Crippen LogP) is 5.35. The minimum Gasteiger partial charge on any atom is -0.497 e. The molecule has 0 spiro atoms. The monoisotopic (exact) mass is 492 g/mol. The molecule has 0 saturated heterocycles. The van der Waals surface area contributed by atoms with Crippen LogP contribution in [0.2, 0.25) is 0 Å². The van der Waals surface area contributed by atoms with Crippen LogP contribution in [0.25, 0.3) is 27.5 Å². The second-order valence-corrected chi connectivity index (χ2v) is 9.77. The fourth-order valence-corrected chi connectivity index (χ4v) is 5.14. The highest BCUT2D eigenvalue weighted by molar-refractivity contribution is 5.96. The molecular weight excluding hydrogens is 464 g/mol. The van der Waals surface area contributed by atoms with Crippen molar-refractivity contribution in [1.29, 1.82) is 0 Å². The average molecular weight is 493 g/mol. The molecule has 2 heterocycles. The van der Waals surface area contributed by atoms with Gasteiger partial charge in [-0.15, -0.1) is 0 Å².